The highest BCUT2D eigenvalue weighted by atomic mass is 16.2. The molecule has 1 aromatic heterocycles. The minimum Gasteiger partial charge on any atom is -0.356 e. The molecule has 0 radical (unpaired) electrons. The van der Waals surface area contributed by atoms with Crippen molar-refractivity contribution in [2.75, 3.05) is 13.1 Å². The first-order valence-electron chi connectivity index (χ1n) is 10.3. The second-order valence-corrected chi connectivity index (χ2v) is 8.23. The third-order valence-electron chi connectivity index (χ3n) is 6.14. The SMILES string of the molecule is O=C(CC1(CN2Cc3ccccc3C2=O)CCCCC1)NCCc1cnc[nH]1. The summed E-state index contributed by atoms with van der Waals surface area (Å²) < 4.78 is 0. The molecular formula is C22H28N4O2. The molecule has 1 saturated carbocycles. The van der Waals surface area contributed by atoms with Gasteiger partial charge >= 0.3 is 0 Å². The van der Waals surface area contributed by atoms with E-state index in [1.807, 2.05) is 29.2 Å². The topological polar surface area (TPSA) is 78.1 Å². The van der Waals surface area contributed by atoms with Gasteiger partial charge in [0.05, 0.1) is 6.33 Å². The van der Waals surface area contributed by atoms with Gasteiger partial charge in [0.15, 0.2) is 0 Å². The van der Waals surface area contributed by atoms with Crippen LogP contribution in [0.25, 0.3) is 0 Å². The molecule has 0 atom stereocenters. The van der Waals surface area contributed by atoms with Gasteiger partial charge < -0.3 is 15.2 Å². The summed E-state index contributed by atoms with van der Waals surface area (Å²) in [6.45, 7) is 1.94. The van der Waals surface area contributed by atoms with Crippen LogP contribution in [-0.4, -0.2) is 39.8 Å². The Morgan fingerprint density at radius 1 is 1.21 bits per heavy atom. The quantitative estimate of drug-likeness (QED) is 0.775. The zero-order valence-electron chi connectivity index (χ0n) is 16.2. The number of amides is 2. The lowest BCUT2D eigenvalue weighted by atomic mass is 9.71. The van der Waals surface area contributed by atoms with Crippen LogP contribution in [0.15, 0.2) is 36.8 Å². The second-order valence-electron chi connectivity index (χ2n) is 8.23. The second kappa shape index (κ2) is 8.17. The minimum atomic E-state index is -0.103. The Labute approximate surface area is 165 Å². The Hall–Kier alpha value is -2.63. The van der Waals surface area contributed by atoms with Crippen LogP contribution in [0.5, 0.6) is 0 Å². The van der Waals surface area contributed by atoms with Gasteiger partial charge in [-0.2, -0.15) is 0 Å². The summed E-state index contributed by atoms with van der Waals surface area (Å²) in [5, 5.41) is 3.06. The molecule has 6 heteroatoms. The van der Waals surface area contributed by atoms with Crippen molar-refractivity contribution in [3.05, 3.63) is 53.6 Å². The number of carbonyl (C=O) groups is 2. The third-order valence-corrected chi connectivity index (χ3v) is 6.14. The fourth-order valence-electron chi connectivity index (χ4n) is 4.70. The molecule has 2 heterocycles. The fraction of sp³-hybridized carbons (Fsp3) is 0.500. The van der Waals surface area contributed by atoms with Gasteiger partial charge in [0.25, 0.3) is 5.91 Å². The minimum absolute atomic E-state index is 0.0885. The molecule has 148 valence electrons. The largest absolute Gasteiger partial charge is 0.356 e. The standard InChI is InChI=1S/C22H28N4O2/c27-20(24-11-8-18-13-23-16-25-18)12-22(9-4-1-5-10-22)15-26-14-17-6-2-3-7-19(17)21(26)28/h2-3,6-7,13,16H,1,4-5,8-12,14-15H2,(H,23,25)(H,24,27). The van der Waals surface area contributed by atoms with Gasteiger partial charge in [-0.25, -0.2) is 4.98 Å². The van der Waals surface area contributed by atoms with E-state index < -0.39 is 0 Å². The molecule has 1 fully saturated rings. The van der Waals surface area contributed by atoms with Crippen molar-refractivity contribution < 1.29 is 9.59 Å². The molecule has 0 bridgehead atoms. The number of nitrogens with zero attached hydrogens (tertiary/aromatic N) is 2. The van der Waals surface area contributed by atoms with E-state index in [1.165, 1.54) is 6.42 Å². The van der Waals surface area contributed by atoms with Gasteiger partial charge in [0, 0.05) is 49.9 Å². The van der Waals surface area contributed by atoms with Gasteiger partial charge in [0.1, 0.15) is 0 Å². The summed E-state index contributed by atoms with van der Waals surface area (Å²) in [5.41, 5.74) is 2.83. The van der Waals surface area contributed by atoms with E-state index in [9.17, 15) is 9.59 Å². The molecule has 4 rings (SSSR count). The summed E-state index contributed by atoms with van der Waals surface area (Å²) in [7, 11) is 0. The van der Waals surface area contributed by atoms with Crippen LogP contribution in [0.2, 0.25) is 0 Å². The lowest BCUT2D eigenvalue weighted by molar-refractivity contribution is -0.124. The van der Waals surface area contributed by atoms with E-state index in [-0.39, 0.29) is 17.2 Å². The van der Waals surface area contributed by atoms with Gasteiger partial charge in [-0.15, -0.1) is 0 Å². The van der Waals surface area contributed by atoms with Crippen molar-refractivity contribution in [2.45, 2.75) is 51.5 Å². The maximum atomic E-state index is 12.8. The summed E-state index contributed by atoms with van der Waals surface area (Å²) in [5.74, 6) is 0.200. The molecule has 2 aromatic rings. The Balaban J connectivity index is 1.38. The maximum absolute atomic E-state index is 12.8. The lowest BCUT2D eigenvalue weighted by Crippen LogP contribution is -2.43. The van der Waals surface area contributed by atoms with E-state index in [1.54, 1.807) is 12.5 Å². The molecule has 6 nitrogen and oxygen atoms in total. The number of hydrogen-bond donors (Lipinski definition) is 2. The zero-order valence-corrected chi connectivity index (χ0v) is 16.2. The van der Waals surface area contributed by atoms with E-state index in [0.717, 1.165) is 48.9 Å². The van der Waals surface area contributed by atoms with Crippen LogP contribution in [0.1, 0.15) is 60.1 Å². The average Bonchev–Trinajstić information content (AvgIpc) is 3.31. The van der Waals surface area contributed by atoms with Crippen molar-refractivity contribution in [2.24, 2.45) is 5.41 Å². The Morgan fingerprint density at radius 3 is 2.79 bits per heavy atom. The molecule has 1 aromatic carbocycles. The molecule has 1 aliphatic heterocycles. The highest BCUT2D eigenvalue weighted by Crippen LogP contribution is 2.41. The molecule has 1 aliphatic carbocycles. The molecule has 2 aliphatic rings. The first kappa shape index (κ1) is 18.7. The van der Waals surface area contributed by atoms with E-state index >= 15 is 0 Å². The van der Waals surface area contributed by atoms with Crippen molar-refractivity contribution in [1.82, 2.24) is 20.2 Å². The van der Waals surface area contributed by atoms with Crippen molar-refractivity contribution in [3.8, 4) is 0 Å². The Morgan fingerprint density at radius 2 is 2.04 bits per heavy atom. The normalized spacial score (nSPS) is 18.1. The lowest BCUT2D eigenvalue weighted by Gasteiger charge is -2.39. The maximum Gasteiger partial charge on any atom is 0.254 e. The number of fused-ring (bicyclic) bond motifs is 1. The number of carbonyl (C=O) groups excluding carboxylic acids is 2. The van der Waals surface area contributed by atoms with E-state index in [2.05, 4.69) is 15.3 Å². The summed E-state index contributed by atoms with van der Waals surface area (Å²) in [6, 6.07) is 7.85. The van der Waals surface area contributed by atoms with Gasteiger partial charge in [-0.1, -0.05) is 37.5 Å². The number of aromatic nitrogens is 2. The molecule has 0 spiro atoms. The van der Waals surface area contributed by atoms with Gasteiger partial charge in [-0.05, 0) is 29.9 Å². The number of imidazole rings is 1. The van der Waals surface area contributed by atoms with Crippen molar-refractivity contribution in [3.63, 3.8) is 0 Å². The number of rotatable bonds is 7. The molecule has 2 amide bonds. The summed E-state index contributed by atoms with van der Waals surface area (Å²) in [6.07, 6.45) is 10.2. The highest BCUT2D eigenvalue weighted by molar-refractivity contribution is 5.98. The predicted octanol–water partition coefficient (Wildman–Crippen LogP) is 3.07. The van der Waals surface area contributed by atoms with Crippen LogP contribution < -0.4 is 5.32 Å². The molecule has 28 heavy (non-hydrogen) atoms. The Bertz CT molecular complexity index is 825. The highest BCUT2D eigenvalue weighted by Gasteiger charge is 2.39. The van der Waals surface area contributed by atoms with E-state index in [0.29, 0.717) is 26.1 Å². The predicted molar refractivity (Wildman–Crippen MR) is 107 cm³/mol. The van der Waals surface area contributed by atoms with Crippen LogP contribution in [0.3, 0.4) is 0 Å². The molecule has 0 unspecified atom stereocenters. The Kier molecular flexibility index (Phi) is 5.46. The van der Waals surface area contributed by atoms with Gasteiger partial charge in [-0.3, -0.25) is 9.59 Å². The summed E-state index contributed by atoms with van der Waals surface area (Å²) >= 11 is 0. The summed E-state index contributed by atoms with van der Waals surface area (Å²) in [4.78, 5) is 34.5. The van der Waals surface area contributed by atoms with Crippen LogP contribution in [-0.2, 0) is 17.8 Å². The average molecular weight is 380 g/mol. The van der Waals surface area contributed by atoms with Crippen molar-refractivity contribution in [1.29, 1.82) is 0 Å². The molecule has 0 saturated heterocycles. The van der Waals surface area contributed by atoms with Crippen LogP contribution in [0.4, 0.5) is 0 Å². The van der Waals surface area contributed by atoms with Crippen molar-refractivity contribution >= 4 is 11.8 Å². The number of benzene rings is 1. The number of hydrogen-bond acceptors (Lipinski definition) is 3. The third kappa shape index (κ3) is 4.11. The first-order chi connectivity index (χ1) is 13.7. The number of aromatic amines is 1. The molecular weight excluding hydrogens is 352 g/mol. The zero-order chi connectivity index (χ0) is 19.4. The van der Waals surface area contributed by atoms with E-state index in [4.69, 9.17) is 0 Å². The van der Waals surface area contributed by atoms with Gasteiger partial charge in [0.2, 0.25) is 5.91 Å². The smallest absolute Gasteiger partial charge is 0.254 e. The first-order valence-corrected chi connectivity index (χ1v) is 10.3. The molecule has 2 N–H and O–H groups in total. The number of nitrogens with one attached hydrogen (secondary N) is 2. The fourth-order valence-corrected chi connectivity index (χ4v) is 4.70. The monoisotopic (exact) mass is 380 g/mol. The van der Waals surface area contributed by atoms with Crippen LogP contribution in [0, 0.1) is 5.41 Å². The van der Waals surface area contributed by atoms with Crippen LogP contribution >= 0.6 is 0 Å². The number of H-pyrrole nitrogens is 1.